The fraction of sp³-hybridized carbons (Fsp3) is 0.250. The molecule has 0 saturated heterocycles. The lowest BCUT2D eigenvalue weighted by atomic mass is 9.99. The van der Waals surface area contributed by atoms with E-state index in [1.165, 1.54) is 11.7 Å². The minimum atomic E-state index is -1.16. The van der Waals surface area contributed by atoms with E-state index in [4.69, 9.17) is 4.74 Å². The average molecular weight is 303 g/mol. The molecular weight excluding hydrogens is 286 g/mol. The minimum Gasteiger partial charge on any atom is -0.478 e. The van der Waals surface area contributed by atoms with Crippen LogP contribution < -0.4 is 0 Å². The van der Waals surface area contributed by atoms with Crippen molar-refractivity contribution < 1.29 is 24.5 Å². The van der Waals surface area contributed by atoms with Crippen LogP contribution in [-0.2, 0) is 18.2 Å². The molecular formula is C16H17NO5. The largest absolute Gasteiger partial charge is 0.478 e. The molecule has 6 nitrogen and oxygen atoms in total. The zero-order valence-electron chi connectivity index (χ0n) is 12.4. The Bertz CT molecular complexity index is 703. The molecule has 0 aliphatic heterocycles. The van der Waals surface area contributed by atoms with Gasteiger partial charge in [0.2, 0.25) is 0 Å². The van der Waals surface area contributed by atoms with E-state index in [2.05, 4.69) is 0 Å². The van der Waals surface area contributed by atoms with E-state index in [-0.39, 0.29) is 16.8 Å². The lowest BCUT2D eigenvalue weighted by Gasteiger charge is -2.05. The van der Waals surface area contributed by atoms with Gasteiger partial charge in [-0.3, -0.25) is 0 Å². The van der Waals surface area contributed by atoms with Crippen LogP contribution in [0.25, 0.3) is 11.1 Å². The summed E-state index contributed by atoms with van der Waals surface area (Å²) in [5.41, 5.74) is 1.22. The SMILES string of the molecule is COCCc1c(C(=O)O)c(-c2ccccc2)c(C(=O)O)n1C. The van der Waals surface area contributed by atoms with Crippen molar-refractivity contribution in [2.45, 2.75) is 6.42 Å². The van der Waals surface area contributed by atoms with Crippen molar-refractivity contribution >= 4 is 11.9 Å². The summed E-state index contributed by atoms with van der Waals surface area (Å²) < 4.78 is 6.42. The van der Waals surface area contributed by atoms with Crippen LogP contribution in [0.3, 0.4) is 0 Å². The molecule has 0 atom stereocenters. The first-order valence-electron chi connectivity index (χ1n) is 6.71. The van der Waals surface area contributed by atoms with Gasteiger partial charge in [0.1, 0.15) is 5.69 Å². The molecule has 0 unspecified atom stereocenters. The Kier molecular flexibility index (Phi) is 4.62. The number of hydrogen-bond donors (Lipinski definition) is 2. The normalized spacial score (nSPS) is 10.6. The average Bonchev–Trinajstić information content (AvgIpc) is 2.79. The lowest BCUT2D eigenvalue weighted by Crippen LogP contribution is -2.10. The monoisotopic (exact) mass is 303 g/mol. The Hall–Kier alpha value is -2.60. The summed E-state index contributed by atoms with van der Waals surface area (Å²) in [6.07, 6.45) is 0.321. The number of aromatic carboxylic acids is 2. The van der Waals surface area contributed by atoms with Gasteiger partial charge in [-0.05, 0) is 5.56 Å². The van der Waals surface area contributed by atoms with E-state index in [9.17, 15) is 19.8 Å². The topological polar surface area (TPSA) is 88.8 Å². The first-order valence-corrected chi connectivity index (χ1v) is 6.71. The number of nitrogens with zero attached hydrogens (tertiary/aromatic N) is 1. The van der Waals surface area contributed by atoms with Gasteiger partial charge in [0.05, 0.1) is 12.2 Å². The fourth-order valence-electron chi connectivity index (χ4n) is 2.59. The summed E-state index contributed by atoms with van der Waals surface area (Å²) in [6, 6.07) is 8.69. The summed E-state index contributed by atoms with van der Waals surface area (Å²) >= 11 is 0. The molecule has 116 valence electrons. The molecule has 0 fully saturated rings. The summed E-state index contributed by atoms with van der Waals surface area (Å²) in [6.45, 7) is 0.311. The van der Waals surface area contributed by atoms with E-state index >= 15 is 0 Å². The summed E-state index contributed by atoms with van der Waals surface area (Å²) in [5.74, 6) is -2.31. The molecule has 1 aromatic heterocycles. The standard InChI is InChI=1S/C16H17NO5/c1-17-11(8-9-22-2)13(15(18)19)12(14(17)16(20)21)10-6-4-3-5-7-10/h3-7H,8-9H2,1-2H3,(H,18,19)(H,20,21). The number of methoxy groups -OCH3 is 1. The van der Waals surface area contributed by atoms with Gasteiger partial charge in [-0.1, -0.05) is 30.3 Å². The summed E-state index contributed by atoms with van der Waals surface area (Å²) in [4.78, 5) is 23.4. The smallest absolute Gasteiger partial charge is 0.353 e. The molecule has 1 aromatic carbocycles. The molecule has 0 amide bonds. The Morgan fingerprint density at radius 1 is 1.14 bits per heavy atom. The molecule has 2 aromatic rings. The van der Waals surface area contributed by atoms with Crippen molar-refractivity contribution in [3.63, 3.8) is 0 Å². The third-order valence-electron chi connectivity index (χ3n) is 3.54. The number of rotatable bonds is 6. The van der Waals surface area contributed by atoms with Crippen LogP contribution in [0.2, 0.25) is 0 Å². The molecule has 0 radical (unpaired) electrons. The summed E-state index contributed by atoms with van der Waals surface area (Å²) in [5, 5.41) is 19.1. The number of aromatic nitrogens is 1. The van der Waals surface area contributed by atoms with Gasteiger partial charge in [-0.15, -0.1) is 0 Å². The quantitative estimate of drug-likeness (QED) is 0.854. The number of carbonyl (C=O) groups is 2. The first kappa shape index (κ1) is 15.8. The van der Waals surface area contributed by atoms with Gasteiger partial charge in [0.15, 0.2) is 0 Å². The van der Waals surface area contributed by atoms with Gasteiger partial charge in [0, 0.05) is 31.8 Å². The van der Waals surface area contributed by atoms with Gasteiger partial charge in [0.25, 0.3) is 0 Å². The van der Waals surface area contributed by atoms with Crippen molar-refractivity contribution in [1.82, 2.24) is 4.57 Å². The molecule has 0 saturated carbocycles. The van der Waals surface area contributed by atoms with Crippen molar-refractivity contribution in [3.05, 3.63) is 47.3 Å². The maximum absolute atomic E-state index is 11.7. The fourth-order valence-corrected chi connectivity index (χ4v) is 2.59. The van der Waals surface area contributed by atoms with E-state index in [1.54, 1.807) is 37.4 Å². The molecule has 0 aliphatic carbocycles. The van der Waals surface area contributed by atoms with Crippen molar-refractivity contribution in [2.75, 3.05) is 13.7 Å². The molecule has 0 spiro atoms. The van der Waals surface area contributed by atoms with Crippen LogP contribution in [0.1, 0.15) is 26.5 Å². The van der Waals surface area contributed by atoms with Gasteiger partial charge < -0.3 is 19.5 Å². The van der Waals surface area contributed by atoms with Crippen molar-refractivity contribution in [3.8, 4) is 11.1 Å². The highest BCUT2D eigenvalue weighted by molar-refractivity contribution is 6.05. The van der Waals surface area contributed by atoms with E-state index in [0.717, 1.165) is 0 Å². The van der Waals surface area contributed by atoms with Gasteiger partial charge in [-0.2, -0.15) is 0 Å². The van der Waals surface area contributed by atoms with Crippen molar-refractivity contribution in [1.29, 1.82) is 0 Å². The van der Waals surface area contributed by atoms with Gasteiger partial charge in [-0.25, -0.2) is 9.59 Å². The summed E-state index contributed by atoms with van der Waals surface area (Å²) in [7, 11) is 3.08. The van der Waals surface area contributed by atoms with E-state index in [1.807, 2.05) is 0 Å². The van der Waals surface area contributed by atoms with Crippen molar-refractivity contribution in [2.24, 2.45) is 7.05 Å². The molecule has 0 bridgehead atoms. The molecule has 0 aliphatic rings. The Morgan fingerprint density at radius 2 is 1.77 bits per heavy atom. The number of carboxylic acid groups (broad SMARTS) is 2. The molecule has 2 rings (SSSR count). The predicted molar refractivity (Wildman–Crippen MR) is 80.3 cm³/mol. The van der Waals surface area contributed by atoms with Crippen LogP contribution in [0.5, 0.6) is 0 Å². The van der Waals surface area contributed by atoms with E-state index < -0.39 is 11.9 Å². The lowest BCUT2D eigenvalue weighted by molar-refractivity contribution is 0.0682. The number of carboxylic acids is 2. The van der Waals surface area contributed by atoms with Crippen LogP contribution in [0.15, 0.2) is 30.3 Å². The number of benzene rings is 1. The Balaban J connectivity index is 2.79. The highest BCUT2D eigenvalue weighted by Gasteiger charge is 2.29. The second-order valence-corrected chi connectivity index (χ2v) is 4.82. The van der Waals surface area contributed by atoms with E-state index in [0.29, 0.717) is 24.3 Å². The second-order valence-electron chi connectivity index (χ2n) is 4.82. The third-order valence-corrected chi connectivity index (χ3v) is 3.54. The maximum Gasteiger partial charge on any atom is 0.353 e. The predicted octanol–water partition coefficient (Wildman–Crippen LogP) is 2.28. The van der Waals surface area contributed by atoms with Crippen LogP contribution in [0, 0.1) is 0 Å². The zero-order chi connectivity index (χ0) is 16.3. The minimum absolute atomic E-state index is 0.0168. The highest BCUT2D eigenvalue weighted by atomic mass is 16.5. The second kappa shape index (κ2) is 6.44. The first-order chi connectivity index (χ1) is 10.5. The highest BCUT2D eigenvalue weighted by Crippen LogP contribution is 2.33. The van der Waals surface area contributed by atoms with Gasteiger partial charge >= 0.3 is 11.9 Å². The number of ether oxygens (including phenoxy) is 1. The Labute approximate surface area is 127 Å². The van der Waals surface area contributed by atoms with Crippen LogP contribution >= 0.6 is 0 Å². The third kappa shape index (κ3) is 2.73. The number of hydrogen-bond acceptors (Lipinski definition) is 3. The Morgan fingerprint density at radius 3 is 2.27 bits per heavy atom. The molecule has 1 heterocycles. The molecule has 2 N–H and O–H groups in total. The van der Waals surface area contributed by atoms with Crippen LogP contribution in [-0.4, -0.2) is 40.4 Å². The zero-order valence-corrected chi connectivity index (χ0v) is 12.4. The molecule has 6 heteroatoms. The molecule has 22 heavy (non-hydrogen) atoms. The van der Waals surface area contributed by atoms with Crippen LogP contribution in [0.4, 0.5) is 0 Å². The maximum atomic E-state index is 11.7.